The Morgan fingerprint density at radius 2 is 1.67 bits per heavy atom. The van der Waals surface area contributed by atoms with Crippen molar-refractivity contribution in [3.8, 4) is 17.2 Å². The number of imide groups is 1. The Bertz CT molecular complexity index is 1280. The standard InChI is InChI=1S/C28H26ClNO5S/c1-3-33-25-16-20(10-13-24(25)35-15-14-34-22-11-8-19(2)9-12-22)17-26-27(31)30(28(32)36-26)18-21-6-4-5-7-23(21)29/h4-13,16-17H,3,14-15,18H2,1-2H3/b26-17-. The minimum absolute atomic E-state index is 0.128. The number of halogens is 1. The van der Waals surface area contributed by atoms with E-state index in [1.54, 1.807) is 36.4 Å². The summed E-state index contributed by atoms with van der Waals surface area (Å²) < 4.78 is 17.3. The van der Waals surface area contributed by atoms with E-state index < -0.39 is 0 Å². The van der Waals surface area contributed by atoms with Crippen LogP contribution in [0.25, 0.3) is 6.08 Å². The number of aryl methyl sites for hydroxylation is 1. The Morgan fingerprint density at radius 1 is 0.917 bits per heavy atom. The van der Waals surface area contributed by atoms with E-state index in [1.165, 1.54) is 10.5 Å². The van der Waals surface area contributed by atoms with Crippen molar-refractivity contribution >= 4 is 40.6 Å². The summed E-state index contributed by atoms with van der Waals surface area (Å²) in [5, 5.41) is 0.187. The van der Waals surface area contributed by atoms with Crippen LogP contribution >= 0.6 is 23.4 Å². The molecule has 186 valence electrons. The van der Waals surface area contributed by atoms with E-state index in [1.807, 2.05) is 50.2 Å². The van der Waals surface area contributed by atoms with Crippen molar-refractivity contribution in [2.45, 2.75) is 20.4 Å². The number of hydrogen-bond acceptors (Lipinski definition) is 6. The zero-order valence-electron chi connectivity index (χ0n) is 20.0. The Morgan fingerprint density at radius 3 is 2.42 bits per heavy atom. The van der Waals surface area contributed by atoms with Crippen LogP contribution in [0, 0.1) is 6.92 Å². The van der Waals surface area contributed by atoms with Crippen LogP contribution in [0.4, 0.5) is 4.79 Å². The molecule has 3 aromatic rings. The molecule has 0 bridgehead atoms. The van der Waals surface area contributed by atoms with Crippen molar-refractivity contribution in [3.05, 3.63) is 93.3 Å². The second-order valence-electron chi connectivity index (χ2n) is 8.01. The van der Waals surface area contributed by atoms with Gasteiger partial charge < -0.3 is 14.2 Å². The molecule has 1 saturated heterocycles. The lowest BCUT2D eigenvalue weighted by atomic mass is 10.1. The maximum Gasteiger partial charge on any atom is 0.293 e. The largest absolute Gasteiger partial charge is 0.490 e. The van der Waals surface area contributed by atoms with Gasteiger partial charge in [0.15, 0.2) is 11.5 Å². The fourth-order valence-electron chi connectivity index (χ4n) is 3.53. The topological polar surface area (TPSA) is 65.1 Å². The number of amides is 2. The maximum atomic E-state index is 12.9. The zero-order chi connectivity index (χ0) is 25.5. The quantitative estimate of drug-likeness (QED) is 0.216. The highest BCUT2D eigenvalue weighted by Gasteiger charge is 2.35. The number of ether oxygens (including phenoxy) is 3. The summed E-state index contributed by atoms with van der Waals surface area (Å²) >= 11 is 7.11. The van der Waals surface area contributed by atoms with Gasteiger partial charge in [0, 0.05) is 5.02 Å². The monoisotopic (exact) mass is 523 g/mol. The molecule has 1 fully saturated rings. The molecule has 1 aliphatic rings. The van der Waals surface area contributed by atoms with Crippen LogP contribution in [0.2, 0.25) is 5.02 Å². The van der Waals surface area contributed by atoms with E-state index in [2.05, 4.69) is 0 Å². The highest BCUT2D eigenvalue weighted by atomic mass is 35.5. The minimum atomic E-state index is -0.350. The molecule has 4 rings (SSSR count). The van der Waals surface area contributed by atoms with Crippen LogP contribution in [0.1, 0.15) is 23.6 Å². The first-order chi connectivity index (χ1) is 17.4. The van der Waals surface area contributed by atoms with Crippen molar-refractivity contribution in [1.82, 2.24) is 4.90 Å². The summed E-state index contributed by atoms with van der Waals surface area (Å²) in [6.45, 7) is 5.22. The fourth-order valence-corrected chi connectivity index (χ4v) is 4.57. The SMILES string of the molecule is CCOc1cc(/C=C2\SC(=O)N(Cc3ccccc3Cl)C2=O)ccc1OCCOc1ccc(C)cc1. The minimum Gasteiger partial charge on any atom is -0.490 e. The second-order valence-corrected chi connectivity index (χ2v) is 9.41. The molecule has 8 heteroatoms. The lowest BCUT2D eigenvalue weighted by Gasteiger charge is -2.14. The highest BCUT2D eigenvalue weighted by Crippen LogP contribution is 2.36. The Hall–Kier alpha value is -3.42. The number of carbonyl (C=O) groups excluding carboxylic acids is 2. The fraction of sp³-hybridized carbons (Fsp3) is 0.214. The van der Waals surface area contributed by atoms with Gasteiger partial charge in [0.05, 0.1) is 18.1 Å². The van der Waals surface area contributed by atoms with E-state index in [0.717, 1.165) is 23.1 Å². The summed E-state index contributed by atoms with van der Waals surface area (Å²) in [7, 11) is 0. The molecule has 1 aliphatic heterocycles. The third-order valence-electron chi connectivity index (χ3n) is 5.36. The van der Waals surface area contributed by atoms with E-state index in [4.69, 9.17) is 25.8 Å². The summed E-state index contributed by atoms with van der Waals surface area (Å²) in [4.78, 5) is 27.0. The Kier molecular flexibility index (Phi) is 8.57. The van der Waals surface area contributed by atoms with Crippen molar-refractivity contribution in [2.75, 3.05) is 19.8 Å². The van der Waals surface area contributed by atoms with Crippen LogP contribution in [-0.4, -0.2) is 35.9 Å². The summed E-state index contributed by atoms with van der Waals surface area (Å²) in [6.07, 6.45) is 1.68. The number of hydrogen-bond donors (Lipinski definition) is 0. The van der Waals surface area contributed by atoms with Gasteiger partial charge in [-0.05, 0) is 73.1 Å². The molecule has 0 aromatic heterocycles. The number of rotatable bonds is 10. The molecule has 6 nitrogen and oxygen atoms in total. The van der Waals surface area contributed by atoms with Crippen LogP contribution < -0.4 is 14.2 Å². The third-order valence-corrected chi connectivity index (χ3v) is 6.63. The van der Waals surface area contributed by atoms with Gasteiger partial charge in [-0.3, -0.25) is 14.5 Å². The van der Waals surface area contributed by atoms with Gasteiger partial charge in [0.1, 0.15) is 19.0 Å². The highest BCUT2D eigenvalue weighted by molar-refractivity contribution is 8.18. The van der Waals surface area contributed by atoms with Crippen LogP contribution in [-0.2, 0) is 11.3 Å². The van der Waals surface area contributed by atoms with E-state index in [9.17, 15) is 9.59 Å². The van der Waals surface area contributed by atoms with Crippen molar-refractivity contribution in [1.29, 1.82) is 0 Å². The predicted octanol–water partition coefficient (Wildman–Crippen LogP) is 6.74. The molecule has 1 heterocycles. The van der Waals surface area contributed by atoms with Crippen LogP contribution in [0.5, 0.6) is 17.2 Å². The molecule has 2 amide bonds. The van der Waals surface area contributed by atoms with Gasteiger partial charge in [0.25, 0.3) is 11.1 Å². The molecule has 0 saturated carbocycles. The zero-order valence-corrected chi connectivity index (χ0v) is 21.6. The van der Waals surface area contributed by atoms with Gasteiger partial charge in [-0.15, -0.1) is 0 Å². The third kappa shape index (κ3) is 6.42. The molecule has 0 atom stereocenters. The lowest BCUT2D eigenvalue weighted by molar-refractivity contribution is -0.123. The molecular weight excluding hydrogens is 498 g/mol. The second kappa shape index (κ2) is 12.0. The number of thioether (sulfide) groups is 1. The van der Waals surface area contributed by atoms with E-state index >= 15 is 0 Å². The van der Waals surface area contributed by atoms with E-state index in [0.29, 0.717) is 46.8 Å². The molecule has 36 heavy (non-hydrogen) atoms. The number of benzene rings is 3. The van der Waals surface area contributed by atoms with Crippen molar-refractivity contribution < 1.29 is 23.8 Å². The van der Waals surface area contributed by atoms with Crippen molar-refractivity contribution in [3.63, 3.8) is 0 Å². The molecule has 0 unspecified atom stereocenters. The van der Waals surface area contributed by atoms with E-state index in [-0.39, 0.29) is 17.7 Å². The Balaban J connectivity index is 1.41. The summed E-state index contributed by atoms with van der Waals surface area (Å²) in [5.41, 5.74) is 2.62. The number of nitrogens with zero attached hydrogens (tertiary/aromatic N) is 1. The molecular formula is C28H26ClNO5S. The summed E-state index contributed by atoms with van der Waals surface area (Å²) in [5.74, 6) is 1.56. The van der Waals surface area contributed by atoms with Gasteiger partial charge >= 0.3 is 0 Å². The van der Waals surface area contributed by atoms with Gasteiger partial charge in [0.2, 0.25) is 0 Å². The normalized spacial score (nSPS) is 14.4. The number of carbonyl (C=O) groups is 2. The average Bonchev–Trinajstić information content (AvgIpc) is 3.13. The van der Waals surface area contributed by atoms with Gasteiger partial charge in [-0.1, -0.05) is 53.6 Å². The first-order valence-electron chi connectivity index (χ1n) is 11.5. The molecule has 3 aromatic carbocycles. The molecule has 0 spiro atoms. The Labute approximate surface area is 219 Å². The smallest absolute Gasteiger partial charge is 0.293 e. The van der Waals surface area contributed by atoms with Gasteiger partial charge in [-0.2, -0.15) is 0 Å². The lowest BCUT2D eigenvalue weighted by Crippen LogP contribution is -2.27. The first kappa shape index (κ1) is 25.7. The summed E-state index contributed by atoms with van der Waals surface area (Å²) in [6, 6.07) is 20.4. The average molecular weight is 524 g/mol. The first-order valence-corrected chi connectivity index (χ1v) is 12.7. The van der Waals surface area contributed by atoms with Gasteiger partial charge in [-0.25, -0.2) is 0 Å². The molecule has 0 aliphatic carbocycles. The molecule has 0 N–H and O–H groups in total. The van der Waals surface area contributed by atoms with Crippen LogP contribution in [0.3, 0.4) is 0 Å². The molecule has 0 radical (unpaired) electrons. The van der Waals surface area contributed by atoms with Crippen LogP contribution in [0.15, 0.2) is 71.6 Å². The van der Waals surface area contributed by atoms with Crippen molar-refractivity contribution in [2.24, 2.45) is 0 Å². The maximum absolute atomic E-state index is 12.9. The predicted molar refractivity (Wildman–Crippen MR) is 143 cm³/mol.